The highest BCUT2D eigenvalue weighted by atomic mass is 32.2. The van der Waals surface area contributed by atoms with Crippen molar-refractivity contribution < 1.29 is 22.9 Å². The predicted molar refractivity (Wildman–Crippen MR) is 43.3 cm³/mol. The lowest BCUT2D eigenvalue weighted by Gasteiger charge is -2.00. The van der Waals surface area contributed by atoms with Crippen LogP contribution in [0.3, 0.4) is 0 Å². The summed E-state index contributed by atoms with van der Waals surface area (Å²) in [5.74, 6) is -0.590. The Kier molecular flexibility index (Phi) is 2.35. The molecule has 0 saturated carbocycles. The summed E-state index contributed by atoms with van der Waals surface area (Å²) in [7, 11) is -4.47. The Morgan fingerprint density at radius 3 is 2.38 bits per heavy atom. The van der Waals surface area contributed by atoms with Crippen LogP contribution >= 0.6 is 0 Å². The molecule has 0 aromatic heterocycles. The van der Waals surface area contributed by atoms with Crippen molar-refractivity contribution in [2.45, 2.75) is 4.90 Å². The molecule has 0 heterocycles. The molecule has 0 atom stereocenters. The van der Waals surface area contributed by atoms with Crippen molar-refractivity contribution in [1.82, 2.24) is 0 Å². The van der Waals surface area contributed by atoms with Gasteiger partial charge in [-0.3, -0.25) is 9.35 Å². The Hall–Kier alpha value is -1.40. The maximum absolute atomic E-state index is 10.6. The van der Waals surface area contributed by atoms with E-state index in [1.54, 1.807) is 0 Å². The SMILES string of the molecule is O=Cc1ccc(O)c(S(=O)(=O)O)c1. The minimum Gasteiger partial charge on any atom is -0.506 e. The molecule has 0 bridgehead atoms. The fraction of sp³-hybridized carbons (Fsp3) is 0. The van der Waals surface area contributed by atoms with Crippen LogP contribution in [0.25, 0.3) is 0 Å². The average molecular weight is 202 g/mol. The summed E-state index contributed by atoms with van der Waals surface area (Å²) >= 11 is 0. The maximum Gasteiger partial charge on any atom is 0.298 e. The Morgan fingerprint density at radius 2 is 1.92 bits per heavy atom. The van der Waals surface area contributed by atoms with Crippen molar-refractivity contribution >= 4 is 16.4 Å². The van der Waals surface area contributed by atoms with Crippen LogP contribution in [0.1, 0.15) is 10.4 Å². The summed E-state index contributed by atoms with van der Waals surface area (Å²) in [5.41, 5.74) is 0.0606. The largest absolute Gasteiger partial charge is 0.506 e. The van der Waals surface area contributed by atoms with Gasteiger partial charge in [-0.25, -0.2) is 0 Å². The van der Waals surface area contributed by atoms with E-state index in [1.807, 2.05) is 0 Å². The Balaban J connectivity index is 3.44. The average Bonchev–Trinajstić information content (AvgIpc) is 2.03. The number of hydrogen-bond acceptors (Lipinski definition) is 4. The molecule has 1 aromatic rings. The Bertz CT molecular complexity index is 434. The molecule has 0 unspecified atom stereocenters. The number of carbonyl (C=O) groups excluding carboxylic acids is 1. The maximum atomic E-state index is 10.6. The summed E-state index contributed by atoms with van der Waals surface area (Å²) in [6.45, 7) is 0. The van der Waals surface area contributed by atoms with E-state index in [1.165, 1.54) is 6.07 Å². The number of phenols is 1. The van der Waals surface area contributed by atoms with Crippen LogP contribution in [-0.4, -0.2) is 24.4 Å². The summed E-state index contributed by atoms with van der Waals surface area (Å²) in [4.78, 5) is 9.57. The number of benzene rings is 1. The van der Waals surface area contributed by atoms with Crippen LogP contribution < -0.4 is 0 Å². The van der Waals surface area contributed by atoms with Crippen LogP contribution in [0.2, 0.25) is 0 Å². The van der Waals surface area contributed by atoms with E-state index >= 15 is 0 Å². The van der Waals surface area contributed by atoms with Crippen molar-refractivity contribution in [2.24, 2.45) is 0 Å². The van der Waals surface area contributed by atoms with Crippen LogP contribution in [-0.2, 0) is 10.1 Å². The lowest BCUT2D eigenvalue weighted by Crippen LogP contribution is -1.99. The van der Waals surface area contributed by atoms with Crippen LogP contribution in [0, 0.1) is 0 Å². The normalized spacial score (nSPS) is 11.2. The monoisotopic (exact) mass is 202 g/mol. The summed E-state index contributed by atoms with van der Waals surface area (Å²) in [6.07, 6.45) is 0.411. The minimum atomic E-state index is -4.47. The second kappa shape index (κ2) is 3.15. The lowest BCUT2D eigenvalue weighted by atomic mass is 10.2. The second-order valence-electron chi connectivity index (χ2n) is 2.32. The van der Waals surface area contributed by atoms with E-state index in [4.69, 9.17) is 9.66 Å². The first kappa shape index (κ1) is 9.69. The number of rotatable bonds is 2. The molecule has 2 N–H and O–H groups in total. The fourth-order valence-electron chi connectivity index (χ4n) is 0.811. The van der Waals surface area contributed by atoms with Gasteiger partial charge in [-0.15, -0.1) is 0 Å². The van der Waals surface area contributed by atoms with Crippen molar-refractivity contribution in [3.63, 3.8) is 0 Å². The molecular weight excluding hydrogens is 196 g/mol. The number of aromatic hydroxyl groups is 1. The Labute approximate surface area is 74.4 Å². The summed E-state index contributed by atoms with van der Waals surface area (Å²) < 4.78 is 29.8. The van der Waals surface area contributed by atoms with Gasteiger partial charge in [0.15, 0.2) is 0 Å². The first-order valence-electron chi connectivity index (χ1n) is 3.21. The van der Waals surface area contributed by atoms with Crippen molar-refractivity contribution in [1.29, 1.82) is 0 Å². The van der Waals surface area contributed by atoms with Gasteiger partial charge in [-0.2, -0.15) is 8.42 Å². The van der Waals surface area contributed by atoms with Gasteiger partial charge >= 0.3 is 0 Å². The minimum absolute atomic E-state index is 0.0606. The molecule has 70 valence electrons. The smallest absolute Gasteiger partial charge is 0.298 e. The molecule has 5 nitrogen and oxygen atoms in total. The zero-order chi connectivity index (χ0) is 10.1. The van der Waals surface area contributed by atoms with E-state index in [2.05, 4.69) is 0 Å². The van der Waals surface area contributed by atoms with Gasteiger partial charge in [0, 0.05) is 5.56 Å². The molecule has 0 fully saturated rings. The van der Waals surface area contributed by atoms with Crippen LogP contribution in [0.15, 0.2) is 23.1 Å². The van der Waals surface area contributed by atoms with E-state index in [0.717, 1.165) is 12.1 Å². The quantitative estimate of drug-likeness (QED) is 0.536. The number of aldehydes is 1. The predicted octanol–water partition coefficient (Wildman–Crippen LogP) is 0.451. The van der Waals surface area contributed by atoms with Gasteiger partial charge in [-0.05, 0) is 18.2 Å². The molecule has 0 saturated heterocycles. The zero-order valence-corrected chi connectivity index (χ0v) is 7.15. The molecule has 0 amide bonds. The topological polar surface area (TPSA) is 91.7 Å². The standard InChI is InChI=1S/C7H6O5S/c8-4-5-1-2-6(9)7(3-5)13(10,11)12/h1-4,9H,(H,10,11,12). The molecule has 0 spiro atoms. The highest BCUT2D eigenvalue weighted by molar-refractivity contribution is 7.86. The number of phenolic OH excluding ortho intramolecular Hbond substituents is 1. The van der Waals surface area contributed by atoms with Crippen molar-refractivity contribution in [3.8, 4) is 5.75 Å². The van der Waals surface area contributed by atoms with Gasteiger partial charge in [0.25, 0.3) is 10.1 Å². The molecule has 6 heteroatoms. The number of carbonyl (C=O) groups is 1. The van der Waals surface area contributed by atoms with Gasteiger partial charge in [0.05, 0.1) is 0 Å². The first-order valence-corrected chi connectivity index (χ1v) is 4.65. The molecule has 0 aliphatic heterocycles. The molecule has 0 radical (unpaired) electrons. The number of hydrogen-bond donors (Lipinski definition) is 2. The summed E-state index contributed by atoms with van der Waals surface area (Å²) in [5, 5.41) is 9.01. The molecular formula is C7H6O5S. The van der Waals surface area contributed by atoms with E-state index in [-0.39, 0.29) is 5.56 Å². The van der Waals surface area contributed by atoms with Crippen LogP contribution in [0.5, 0.6) is 5.75 Å². The van der Waals surface area contributed by atoms with E-state index in [0.29, 0.717) is 6.29 Å². The van der Waals surface area contributed by atoms with Gasteiger partial charge < -0.3 is 5.11 Å². The highest BCUT2D eigenvalue weighted by Crippen LogP contribution is 2.22. The van der Waals surface area contributed by atoms with E-state index < -0.39 is 20.8 Å². The van der Waals surface area contributed by atoms with Crippen molar-refractivity contribution in [2.75, 3.05) is 0 Å². The van der Waals surface area contributed by atoms with Gasteiger partial charge in [-0.1, -0.05) is 0 Å². The Morgan fingerprint density at radius 1 is 1.31 bits per heavy atom. The van der Waals surface area contributed by atoms with E-state index in [9.17, 15) is 13.2 Å². The molecule has 1 aromatic carbocycles. The first-order chi connectivity index (χ1) is 5.95. The van der Waals surface area contributed by atoms with Gasteiger partial charge in [0.1, 0.15) is 16.9 Å². The lowest BCUT2D eigenvalue weighted by molar-refractivity contribution is 0.112. The zero-order valence-electron chi connectivity index (χ0n) is 6.34. The molecule has 1 rings (SSSR count). The highest BCUT2D eigenvalue weighted by Gasteiger charge is 2.15. The third-order valence-corrected chi connectivity index (χ3v) is 2.28. The summed E-state index contributed by atoms with van der Waals surface area (Å²) in [6, 6.07) is 3.14. The molecule has 0 aliphatic rings. The molecule has 0 aliphatic carbocycles. The van der Waals surface area contributed by atoms with Crippen molar-refractivity contribution in [3.05, 3.63) is 23.8 Å². The third-order valence-electron chi connectivity index (χ3n) is 1.40. The fourth-order valence-corrected chi connectivity index (χ4v) is 1.43. The second-order valence-corrected chi connectivity index (χ2v) is 3.71. The van der Waals surface area contributed by atoms with Crippen LogP contribution in [0.4, 0.5) is 0 Å². The third kappa shape index (κ3) is 2.04. The molecule has 13 heavy (non-hydrogen) atoms. The van der Waals surface area contributed by atoms with Gasteiger partial charge in [0.2, 0.25) is 0 Å².